The van der Waals surface area contributed by atoms with Crippen LogP contribution in [-0.2, 0) is 0 Å². The van der Waals surface area contributed by atoms with Crippen molar-refractivity contribution in [1.29, 1.82) is 0 Å². The van der Waals surface area contributed by atoms with Crippen LogP contribution in [0.1, 0.15) is 29.1 Å². The predicted octanol–water partition coefficient (Wildman–Crippen LogP) is 0.992. The van der Waals surface area contributed by atoms with Gasteiger partial charge in [-0.2, -0.15) is 0 Å². The second-order valence-corrected chi connectivity index (χ2v) is 4.94. The summed E-state index contributed by atoms with van der Waals surface area (Å²) in [4.78, 5) is 13.5. The molecule has 1 heterocycles. The van der Waals surface area contributed by atoms with Crippen LogP contribution in [0.25, 0.3) is 0 Å². The van der Waals surface area contributed by atoms with E-state index in [1.807, 2.05) is 0 Å². The van der Waals surface area contributed by atoms with Crippen LogP contribution in [0.15, 0.2) is 0 Å². The van der Waals surface area contributed by atoms with Gasteiger partial charge in [-0.15, -0.1) is 10.2 Å². The van der Waals surface area contributed by atoms with E-state index in [9.17, 15) is 4.79 Å². The van der Waals surface area contributed by atoms with Gasteiger partial charge in [0.1, 0.15) is 0 Å². The molecule has 1 amide bonds. The van der Waals surface area contributed by atoms with Crippen molar-refractivity contribution in [2.75, 3.05) is 19.3 Å². The first-order chi connectivity index (χ1) is 7.16. The normalized spacial score (nSPS) is 16.1. The molecule has 2 N–H and O–H groups in total. The minimum Gasteiger partial charge on any atom is -0.374 e. The summed E-state index contributed by atoms with van der Waals surface area (Å²) in [6, 6.07) is 0. The number of hydrogen-bond acceptors (Lipinski definition) is 5. The van der Waals surface area contributed by atoms with Crippen LogP contribution >= 0.6 is 11.3 Å². The molecule has 5 nitrogen and oxygen atoms in total. The molecule has 1 aliphatic rings. The Kier molecular flexibility index (Phi) is 2.86. The summed E-state index contributed by atoms with van der Waals surface area (Å²) in [7, 11) is 1.80. The first-order valence-corrected chi connectivity index (χ1v) is 5.83. The zero-order valence-corrected chi connectivity index (χ0v) is 9.46. The fraction of sp³-hybridized carbons (Fsp3) is 0.667. The summed E-state index contributed by atoms with van der Waals surface area (Å²) < 4.78 is 0. The van der Waals surface area contributed by atoms with Crippen LogP contribution in [0.5, 0.6) is 0 Å². The Morgan fingerprint density at radius 1 is 1.60 bits per heavy atom. The van der Waals surface area contributed by atoms with E-state index >= 15 is 0 Å². The summed E-state index contributed by atoms with van der Waals surface area (Å²) in [6.45, 7) is 0.818. The van der Waals surface area contributed by atoms with Gasteiger partial charge >= 0.3 is 0 Å². The molecule has 0 aliphatic heterocycles. The SMILES string of the molecule is CN(CC1CCC1)C(=O)c1nnc(N)s1. The molecule has 1 aliphatic carbocycles. The van der Waals surface area contributed by atoms with Crippen LogP contribution in [0.4, 0.5) is 5.13 Å². The van der Waals surface area contributed by atoms with E-state index in [1.54, 1.807) is 11.9 Å². The van der Waals surface area contributed by atoms with E-state index in [-0.39, 0.29) is 5.91 Å². The molecule has 0 saturated heterocycles. The topological polar surface area (TPSA) is 72.1 Å². The first kappa shape index (κ1) is 10.4. The average Bonchev–Trinajstić information content (AvgIpc) is 2.56. The zero-order valence-electron chi connectivity index (χ0n) is 8.64. The van der Waals surface area contributed by atoms with Crippen LogP contribution in [0, 0.1) is 5.92 Å². The quantitative estimate of drug-likeness (QED) is 0.834. The molecule has 82 valence electrons. The lowest BCUT2D eigenvalue weighted by Gasteiger charge is -2.29. The van der Waals surface area contributed by atoms with Gasteiger partial charge in [-0.3, -0.25) is 4.79 Å². The largest absolute Gasteiger partial charge is 0.374 e. The molecular weight excluding hydrogens is 212 g/mol. The van der Waals surface area contributed by atoms with Crippen molar-refractivity contribution in [2.45, 2.75) is 19.3 Å². The molecule has 2 rings (SSSR count). The summed E-state index contributed by atoms with van der Waals surface area (Å²) in [5.41, 5.74) is 5.43. The van der Waals surface area contributed by atoms with Gasteiger partial charge in [0.25, 0.3) is 5.91 Å². The highest BCUT2D eigenvalue weighted by molar-refractivity contribution is 7.16. The van der Waals surface area contributed by atoms with Crippen LogP contribution in [0.2, 0.25) is 0 Å². The molecule has 0 unspecified atom stereocenters. The number of rotatable bonds is 3. The van der Waals surface area contributed by atoms with Crippen molar-refractivity contribution in [1.82, 2.24) is 15.1 Å². The predicted molar refractivity (Wildman–Crippen MR) is 58.6 cm³/mol. The Hall–Kier alpha value is -1.17. The third-order valence-corrected chi connectivity index (χ3v) is 3.47. The molecule has 0 radical (unpaired) electrons. The van der Waals surface area contributed by atoms with Crippen molar-refractivity contribution >= 4 is 22.4 Å². The monoisotopic (exact) mass is 226 g/mol. The zero-order chi connectivity index (χ0) is 10.8. The lowest BCUT2D eigenvalue weighted by molar-refractivity contribution is 0.0744. The first-order valence-electron chi connectivity index (χ1n) is 5.01. The van der Waals surface area contributed by atoms with Crippen molar-refractivity contribution in [3.8, 4) is 0 Å². The van der Waals surface area contributed by atoms with E-state index in [4.69, 9.17) is 5.73 Å². The number of carbonyl (C=O) groups is 1. The highest BCUT2D eigenvalue weighted by atomic mass is 32.1. The minimum absolute atomic E-state index is 0.0731. The maximum Gasteiger partial charge on any atom is 0.284 e. The minimum atomic E-state index is -0.0731. The molecule has 1 fully saturated rings. The maximum absolute atomic E-state index is 11.8. The number of carbonyl (C=O) groups excluding carboxylic acids is 1. The standard InChI is InChI=1S/C9H14N4OS/c1-13(5-6-3-2-4-6)8(14)7-11-12-9(10)15-7/h6H,2-5H2,1H3,(H2,10,12). The number of amides is 1. The maximum atomic E-state index is 11.8. The van der Waals surface area contributed by atoms with Crippen LogP contribution in [0.3, 0.4) is 0 Å². The molecule has 6 heteroatoms. The van der Waals surface area contributed by atoms with Crippen molar-refractivity contribution in [3.63, 3.8) is 0 Å². The molecule has 1 aromatic rings. The molecule has 1 aromatic heterocycles. The fourth-order valence-electron chi connectivity index (χ4n) is 1.63. The highest BCUT2D eigenvalue weighted by Crippen LogP contribution is 2.27. The van der Waals surface area contributed by atoms with Gasteiger partial charge in [0.2, 0.25) is 10.1 Å². The van der Waals surface area contributed by atoms with E-state index in [0.717, 1.165) is 17.9 Å². The van der Waals surface area contributed by atoms with Gasteiger partial charge in [0.05, 0.1) is 0 Å². The fourth-order valence-corrected chi connectivity index (χ4v) is 2.23. The second-order valence-electron chi connectivity index (χ2n) is 3.93. The second kappa shape index (κ2) is 4.14. The number of aromatic nitrogens is 2. The number of anilines is 1. The number of nitrogen functional groups attached to an aromatic ring is 1. The molecule has 0 aromatic carbocycles. The van der Waals surface area contributed by atoms with Gasteiger partial charge in [-0.25, -0.2) is 0 Å². The van der Waals surface area contributed by atoms with E-state index in [1.165, 1.54) is 19.3 Å². The molecule has 0 atom stereocenters. The van der Waals surface area contributed by atoms with Crippen molar-refractivity contribution in [2.24, 2.45) is 5.92 Å². The lowest BCUT2D eigenvalue weighted by Crippen LogP contribution is -2.34. The smallest absolute Gasteiger partial charge is 0.284 e. The molecule has 0 bridgehead atoms. The Morgan fingerprint density at radius 3 is 2.80 bits per heavy atom. The third kappa shape index (κ3) is 2.26. The summed E-state index contributed by atoms with van der Waals surface area (Å²) in [5, 5.41) is 8.10. The van der Waals surface area contributed by atoms with E-state index < -0.39 is 0 Å². The molecule has 15 heavy (non-hydrogen) atoms. The van der Waals surface area contributed by atoms with Crippen molar-refractivity contribution in [3.05, 3.63) is 5.01 Å². The Bertz CT molecular complexity index is 361. The third-order valence-electron chi connectivity index (χ3n) is 2.73. The van der Waals surface area contributed by atoms with Gasteiger partial charge in [-0.05, 0) is 18.8 Å². The van der Waals surface area contributed by atoms with Crippen LogP contribution in [-0.4, -0.2) is 34.6 Å². The summed E-state index contributed by atoms with van der Waals surface area (Å²) >= 11 is 1.14. The Balaban J connectivity index is 1.94. The van der Waals surface area contributed by atoms with E-state index in [0.29, 0.717) is 16.1 Å². The number of hydrogen-bond donors (Lipinski definition) is 1. The molecule has 0 spiro atoms. The van der Waals surface area contributed by atoms with Crippen LogP contribution < -0.4 is 5.73 Å². The van der Waals surface area contributed by atoms with Gasteiger partial charge in [0, 0.05) is 13.6 Å². The Labute approximate surface area is 92.3 Å². The molecule has 1 saturated carbocycles. The van der Waals surface area contributed by atoms with Gasteiger partial charge in [-0.1, -0.05) is 17.8 Å². The average molecular weight is 226 g/mol. The molecular formula is C9H14N4OS. The summed E-state index contributed by atoms with van der Waals surface area (Å²) in [5.74, 6) is 0.598. The number of nitrogens with zero attached hydrogens (tertiary/aromatic N) is 3. The van der Waals surface area contributed by atoms with Crippen molar-refractivity contribution < 1.29 is 4.79 Å². The Morgan fingerprint density at radius 2 is 2.33 bits per heavy atom. The number of nitrogens with two attached hydrogens (primary N) is 1. The van der Waals surface area contributed by atoms with E-state index in [2.05, 4.69) is 10.2 Å². The van der Waals surface area contributed by atoms with Gasteiger partial charge < -0.3 is 10.6 Å². The summed E-state index contributed by atoms with van der Waals surface area (Å²) in [6.07, 6.45) is 3.75. The highest BCUT2D eigenvalue weighted by Gasteiger charge is 2.23. The lowest BCUT2D eigenvalue weighted by atomic mass is 9.85. The van der Waals surface area contributed by atoms with Gasteiger partial charge in [0.15, 0.2) is 0 Å².